The Morgan fingerprint density at radius 2 is 1.92 bits per heavy atom. The molecule has 1 amide bonds. The van der Waals surface area contributed by atoms with Gasteiger partial charge in [-0.05, 0) is 38.5 Å². The third-order valence-electron chi connectivity index (χ3n) is 4.46. The standard InChI is InChI=1S/C20H26N2O2/c1-14-10-11-17(15(2)12-14)13-22(4)16(3)20(23)21-18-8-6-7-9-19(18)24-5/h6-12,16H,13H2,1-5H3,(H,21,23)/p+1/t16-/m0/s1. The van der Waals surface area contributed by atoms with E-state index in [1.165, 1.54) is 16.7 Å². The van der Waals surface area contributed by atoms with E-state index in [1.54, 1.807) is 7.11 Å². The van der Waals surface area contributed by atoms with Crippen molar-refractivity contribution < 1.29 is 14.4 Å². The molecule has 2 N–H and O–H groups in total. The van der Waals surface area contributed by atoms with Gasteiger partial charge in [-0.15, -0.1) is 0 Å². The summed E-state index contributed by atoms with van der Waals surface area (Å²) < 4.78 is 5.29. The molecular formula is C20H27N2O2+. The number of anilines is 1. The van der Waals surface area contributed by atoms with Gasteiger partial charge in [-0.25, -0.2) is 0 Å². The van der Waals surface area contributed by atoms with Crippen LogP contribution in [0.15, 0.2) is 42.5 Å². The molecule has 24 heavy (non-hydrogen) atoms. The van der Waals surface area contributed by atoms with E-state index < -0.39 is 0 Å². The highest BCUT2D eigenvalue weighted by molar-refractivity contribution is 5.94. The molecule has 0 saturated carbocycles. The lowest BCUT2D eigenvalue weighted by molar-refractivity contribution is -0.907. The van der Waals surface area contributed by atoms with Gasteiger partial charge in [-0.3, -0.25) is 4.79 Å². The molecule has 0 saturated heterocycles. The lowest BCUT2D eigenvalue weighted by atomic mass is 10.0. The van der Waals surface area contributed by atoms with Crippen LogP contribution in [0.2, 0.25) is 0 Å². The predicted octanol–water partition coefficient (Wildman–Crippen LogP) is 2.35. The smallest absolute Gasteiger partial charge is 0.282 e. The van der Waals surface area contributed by atoms with Gasteiger partial charge >= 0.3 is 0 Å². The molecule has 0 aliphatic rings. The summed E-state index contributed by atoms with van der Waals surface area (Å²) in [6, 6.07) is 13.7. The van der Waals surface area contributed by atoms with Crippen LogP contribution in [0, 0.1) is 13.8 Å². The largest absolute Gasteiger partial charge is 0.495 e. The third-order valence-corrected chi connectivity index (χ3v) is 4.46. The number of carbonyl (C=O) groups is 1. The Hall–Kier alpha value is -2.33. The Bertz CT molecular complexity index is 713. The summed E-state index contributed by atoms with van der Waals surface area (Å²) in [7, 11) is 3.65. The minimum Gasteiger partial charge on any atom is -0.495 e. The van der Waals surface area contributed by atoms with Gasteiger partial charge in [0.1, 0.15) is 12.3 Å². The van der Waals surface area contributed by atoms with E-state index in [-0.39, 0.29) is 11.9 Å². The highest BCUT2D eigenvalue weighted by Crippen LogP contribution is 2.22. The molecule has 0 spiro atoms. The van der Waals surface area contributed by atoms with Crippen LogP contribution >= 0.6 is 0 Å². The molecule has 0 bridgehead atoms. The van der Waals surface area contributed by atoms with Gasteiger partial charge in [0.25, 0.3) is 5.91 Å². The number of aryl methyl sites for hydroxylation is 2. The fourth-order valence-electron chi connectivity index (χ4n) is 2.71. The van der Waals surface area contributed by atoms with Gasteiger partial charge < -0.3 is 15.0 Å². The van der Waals surface area contributed by atoms with Crippen LogP contribution in [-0.4, -0.2) is 26.1 Å². The quantitative estimate of drug-likeness (QED) is 0.855. The van der Waals surface area contributed by atoms with E-state index in [9.17, 15) is 4.79 Å². The van der Waals surface area contributed by atoms with Gasteiger partial charge in [0.2, 0.25) is 0 Å². The van der Waals surface area contributed by atoms with E-state index in [0.717, 1.165) is 11.4 Å². The van der Waals surface area contributed by atoms with Crippen LogP contribution in [0.1, 0.15) is 23.6 Å². The number of para-hydroxylation sites is 2. The summed E-state index contributed by atoms with van der Waals surface area (Å²) >= 11 is 0. The van der Waals surface area contributed by atoms with E-state index in [2.05, 4.69) is 37.4 Å². The average Bonchev–Trinajstić information content (AvgIpc) is 2.57. The number of hydrogen-bond acceptors (Lipinski definition) is 2. The maximum absolute atomic E-state index is 12.6. The number of hydrogen-bond donors (Lipinski definition) is 2. The van der Waals surface area contributed by atoms with Crippen molar-refractivity contribution in [2.45, 2.75) is 33.4 Å². The van der Waals surface area contributed by atoms with E-state index in [0.29, 0.717) is 11.4 Å². The zero-order valence-electron chi connectivity index (χ0n) is 15.1. The maximum atomic E-state index is 12.6. The molecule has 0 fully saturated rings. The minimum atomic E-state index is -0.171. The van der Waals surface area contributed by atoms with Gasteiger partial charge in [0.15, 0.2) is 6.04 Å². The van der Waals surface area contributed by atoms with Gasteiger partial charge in [-0.2, -0.15) is 0 Å². The lowest BCUT2D eigenvalue weighted by Crippen LogP contribution is -3.12. The van der Waals surface area contributed by atoms with Crippen LogP contribution in [-0.2, 0) is 11.3 Å². The average molecular weight is 327 g/mol. The molecule has 1 unspecified atom stereocenters. The molecule has 0 aromatic heterocycles. The normalized spacial score (nSPS) is 13.2. The van der Waals surface area contributed by atoms with E-state index >= 15 is 0 Å². The molecule has 0 aliphatic carbocycles. The second-order valence-electron chi connectivity index (χ2n) is 6.36. The van der Waals surface area contributed by atoms with Crippen LogP contribution in [0.3, 0.4) is 0 Å². The molecule has 4 heteroatoms. The zero-order chi connectivity index (χ0) is 17.7. The molecule has 128 valence electrons. The van der Waals surface area contributed by atoms with E-state index in [1.807, 2.05) is 38.2 Å². The van der Waals surface area contributed by atoms with Crippen LogP contribution in [0.5, 0.6) is 5.75 Å². The van der Waals surface area contributed by atoms with Crippen molar-refractivity contribution in [1.29, 1.82) is 0 Å². The summed E-state index contributed by atoms with van der Waals surface area (Å²) in [5.74, 6) is 0.659. The Labute approximate surface area is 144 Å². The molecular weight excluding hydrogens is 300 g/mol. The third kappa shape index (κ3) is 4.36. The number of methoxy groups -OCH3 is 1. The monoisotopic (exact) mass is 327 g/mol. The van der Waals surface area contributed by atoms with Crippen molar-refractivity contribution in [3.8, 4) is 5.75 Å². The molecule has 4 nitrogen and oxygen atoms in total. The summed E-state index contributed by atoms with van der Waals surface area (Å²) in [5.41, 5.74) is 4.51. The number of likely N-dealkylation sites (N-methyl/N-ethyl adjacent to an activating group) is 1. The SMILES string of the molecule is COc1ccccc1NC(=O)[C@H](C)[NH+](C)Cc1ccc(C)cc1C. The summed E-state index contributed by atoms with van der Waals surface area (Å²) in [4.78, 5) is 13.7. The molecule has 2 rings (SSSR count). The Kier molecular flexibility index (Phi) is 5.99. The summed E-state index contributed by atoms with van der Waals surface area (Å²) in [6.07, 6.45) is 0. The lowest BCUT2D eigenvalue weighted by Gasteiger charge is -2.22. The van der Waals surface area contributed by atoms with Crippen molar-refractivity contribution in [3.05, 3.63) is 59.2 Å². The second-order valence-corrected chi connectivity index (χ2v) is 6.36. The first-order chi connectivity index (χ1) is 11.4. The molecule has 2 atom stereocenters. The highest BCUT2D eigenvalue weighted by atomic mass is 16.5. The second kappa shape index (κ2) is 7.97. The molecule has 2 aromatic rings. The predicted molar refractivity (Wildman–Crippen MR) is 97.6 cm³/mol. The number of carbonyl (C=O) groups excluding carboxylic acids is 1. The van der Waals surface area contributed by atoms with Crippen molar-refractivity contribution in [1.82, 2.24) is 0 Å². The number of benzene rings is 2. The van der Waals surface area contributed by atoms with Crippen molar-refractivity contribution >= 4 is 11.6 Å². The molecule has 2 aromatic carbocycles. The summed E-state index contributed by atoms with van der Waals surface area (Å²) in [5, 5.41) is 2.97. The van der Waals surface area contributed by atoms with Crippen molar-refractivity contribution in [2.24, 2.45) is 0 Å². The first kappa shape index (κ1) is 18.0. The van der Waals surface area contributed by atoms with Gasteiger partial charge in [0, 0.05) is 5.56 Å². The number of rotatable bonds is 6. The zero-order valence-corrected chi connectivity index (χ0v) is 15.1. The minimum absolute atomic E-state index is 0.0123. The van der Waals surface area contributed by atoms with Gasteiger partial charge in [0.05, 0.1) is 19.8 Å². The maximum Gasteiger partial charge on any atom is 0.282 e. The topological polar surface area (TPSA) is 42.8 Å². The fourth-order valence-corrected chi connectivity index (χ4v) is 2.71. The van der Waals surface area contributed by atoms with Crippen LogP contribution < -0.4 is 15.0 Å². The number of nitrogens with one attached hydrogen (secondary N) is 2. The van der Waals surface area contributed by atoms with Crippen molar-refractivity contribution in [3.63, 3.8) is 0 Å². The highest BCUT2D eigenvalue weighted by Gasteiger charge is 2.23. The van der Waals surface area contributed by atoms with Gasteiger partial charge in [-0.1, -0.05) is 35.9 Å². The fraction of sp³-hybridized carbons (Fsp3) is 0.350. The molecule has 0 radical (unpaired) electrons. The molecule has 0 aliphatic heterocycles. The Morgan fingerprint density at radius 3 is 2.58 bits per heavy atom. The number of ether oxygens (including phenoxy) is 1. The van der Waals surface area contributed by atoms with Crippen molar-refractivity contribution in [2.75, 3.05) is 19.5 Å². The first-order valence-electron chi connectivity index (χ1n) is 8.24. The van der Waals surface area contributed by atoms with Crippen LogP contribution in [0.25, 0.3) is 0 Å². The molecule has 0 heterocycles. The van der Waals surface area contributed by atoms with E-state index in [4.69, 9.17) is 4.74 Å². The summed E-state index contributed by atoms with van der Waals surface area (Å²) in [6.45, 7) is 6.97. The first-order valence-corrected chi connectivity index (χ1v) is 8.24. The van der Waals surface area contributed by atoms with Crippen LogP contribution in [0.4, 0.5) is 5.69 Å². The Balaban J connectivity index is 2.04. The number of quaternary nitrogens is 1. The number of amides is 1. The Morgan fingerprint density at radius 1 is 1.21 bits per heavy atom.